The van der Waals surface area contributed by atoms with Crippen molar-refractivity contribution < 1.29 is 31.1 Å². The molecule has 1 aliphatic heterocycles. The maximum Gasteiger partial charge on any atom is 0.243 e. The SMILES string of the molecule is Cc1cccc(N([C@@H](C)C(=O)NCCOc2ccc(S(=O)(=O)N3CCOCC3)cc2)S(C)(=O)=O)c1. The number of amides is 1. The number of nitrogens with one attached hydrogen (secondary N) is 1. The van der Waals surface area contributed by atoms with Crippen LogP contribution in [0.4, 0.5) is 5.69 Å². The van der Waals surface area contributed by atoms with Crippen molar-refractivity contribution in [1.82, 2.24) is 9.62 Å². The van der Waals surface area contributed by atoms with Gasteiger partial charge in [0.15, 0.2) is 0 Å². The van der Waals surface area contributed by atoms with Gasteiger partial charge in [-0.15, -0.1) is 0 Å². The molecule has 0 radical (unpaired) electrons. The molecule has 3 rings (SSSR count). The number of nitrogens with zero attached hydrogens (tertiary/aromatic N) is 2. The lowest BCUT2D eigenvalue weighted by molar-refractivity contribution is -0.121. The highest BCUT2D eigenvalue weighted by Gasteiger charge is 2.29. The highest BCUT2D eigenvalue weighted by Crippen LogP contribution is 2.22. The Morgan fingerprint density at radius 3 is 2.37 bits per heavy atom. The van der Waals surface area contributed by atoms with Crippen LogP contribution in [0.25, 0.3) is 0 Å². The van der Waals surface area contributed by atoms with Crippen molar-refractivity contribution in [3.63, 3.8) is 0 Å². The van der Waals surface area contributed by atoms with Crippen molar-refractivity contribution in [3.05, 3.63) is 54.1 Å². The van der Waals surface area contributed by atoms with Gasteiger partial charge in [0.25, 0.3) is 0 Å². The van der Waals surface area contributed by atoms with E-state index in [2.05, 4.69) is 5.32 Å². The minimum Gasteiger partial charge on any atom is -0.492 e. The number of morpholine rings is 1. The zero-order valence-corrected chi connectivity index (χ0v) is 21.6. The Kier molecular flexibility index (Phi) is 8.75. The normalized spacial score (nSPS) is 15.9. The largest absolute Gasteiger partial charge is 0.492 e. The summed E-state index contributed by atoms with van der Waals surface area (Å²) in [5.41, 5.74) is 1.29. The van der Waals surface area contributed by atoms with Crippen molar-refractivity contribution in [2.24, 2.45) is 0 Å². The molecule has 1 saturated heterocycles. The van der Waals surface area contributed by atoms with Gasteiger partial charge in [-0.1, -0.05) is 12.1 Å². The number of carbonyl (C=O) groups excluding carboxylic acids is 1. The number of anilines is 1. The highest BCUT2D eigenvalue weighted by molar-refractivity contribution is 7.92. The second-order valence-corrected chi connectivity index (χ2v) is 12.0. The number of sulfonamides is 2. The summed E-state index contributed by atoms with van der Waals surface area (Å²) in [5, 5.41) is 2.68. The van der Waals surface area contributed by atoms with E-state index in [0.29, 0.717) is 37.7 Å². The lowest BCUT2D eigenvalue weighted by atomic mass is 10.2. The van der Waals surface area contributed by atoms with Gasteiger partial charge in [-0.2, -0.15) is 4.31 Å². The maximum absolute atomic E-state index is 12.7. The second kappa shape index (κ2) is 11.4. The second-order valence-electron chi connectivity index (χ2n) is 8.20. The van der Waals surface area contributed by atoms with Crippen molar-refractivity contribution in [2.75, 3.05) is 50.0 Å². The number of hydrogen-bond acceptors (Lipinski definition) is 7. The molecule has 2 aromatic carbocycles. The summed E-state index contributed by atoms with van der Waals surface area (Å²) in [6.45, 7) is 5.01. The van der Waals surface area contributed by atoms with Crippen LogP contribution in [0.5, 0.6) is 5.75 Å². The quantitative estimate of drug-likeness (QED) is 0.465. The fourth-order valence-electron chi connectivity index (χ4n) is 3.71. The molecule has 0 bridgehead atoms. The molecule has 1 fully saturated rings. The van der Waals surface area contributed by atoms with Crippen LogP contribution in [0.1, 0.15) is 12.5 Å². The zero-order valence-electron chi connectivity index (χ0n) is 20.0. The average molecular weight is 526 g/mol. The van der Waals surface area contributed by atoms with Crippen LogP contribution in [0.2, 0.25) is 0 Å². The number of benzene rings is 2. The van der Waals surface area contributed by atoms with Crippen LogP contribution in [-0.2, 0) is 29.6 Å². The molecule has 0 aliphatic carbocycles. The number of aryl methyl sites for hydroxylation is 1. The molecule has 35 heavy (non-hydrogen) atoms. The summed E-state index contributed by atoms with van der Waals surface area (Å²) in [4.78, 5) is 12.8. The fourth-order valence-corrected chi connectivity index (χ4v) is 6.28. The number of hydrogen-bond donors (Lipinski definition) is 1. The van der Waals surface area contributed by atoms with Gasteiger partial charge in [-0.25, -0.2) is 16.8 Å². The molecule has 0 aromatic heterocycles. The fraction of sp³-hybridized carbons (Fsp3) is 0.435. The highest BCUT2D eigenvalue weighted by atomic mass is 32.2. The molecule has 1 amide bonds. The molecule has 1 heterocycles. The van der Waals surface area contributed by atoms with E-state index in [-0.39, 0.29) is 18.0 Å². The van der Waals surface area contributed by atoms with E-state index < -0.39 is 32.0 Å². The van der Waals surface area contributed by atoms with Gasteiger partial charge >= 0.3 is 0 Å². The molecule has 1 aliphatic rings. The Morgan fingerprint density at radius 2 is 1.77 bits per heavy atom. The molecule has 0 unspecified atom stereocenters. The summed E-state index contributed by atoms with van der Waals surface area (Å²) >= 11 is 0. The van der Waals surface area contributed by atoms with Gasteiger partial charge < -0.3 is 14.8 Å². The minimum absolute atomic E-state index is 0.122. The summed E-state index contributed by atoms with van der Waals surface area (Å²) in [6.07, 6.45) is 1.06. The number of carbonyl (C=O) groups is 1. The lowest BCUT2D eigenvalue weighted by Gasteiger charge is -2.28. The minimum atomic E-state index is -3.70. The molecular formula is C23H31N3O7S2. The smallest absolute Gasteiger partial charge is 0.243 e. The summed E-state index contributed by atoms with van der Waals surface area (Å²) in [6, 6.07) is 12.0. The van der Waals surface area contributed by atoms with E-state index in [1.807, 2.05) is 13.0 Å². The molecule has 10 nitrogen and oxygen atoms in total. The Balaban J connectivity index is 1.54. The summed E-state index contributed by atoms with van der Waals surface area (Å²) in [5.74, 6) is -0.0155. The van der Waals surface area contributed by atoms with Crippen LogP contribution < -0.4 is 14.4 Å². The van der Waals surface area contributed by atoms with E-state index in [1.165, 1.54) is 23.4 Å². The van der Waals surface area contributed by atoms with E-state index in [0.717, 1.165) is 16.1 Å². The number of rotatable bonds is 10. The van der Waals surface area contributed by atoms with Crippen LogP contribution in [0.3, 0.4) is 0 Å². The van der Waals surface area contributed by atoms with Crippen molar-refractivity contribution >= 4 is 31.6 Å². The molecular weight excluding hydrogens is 494 g/mol. The molecule has 1 atom stereocenters. The van der Waals surface area contributed by atoms with Crippen LogP contribution in [0.15, 0.2) is 53.4 Å². The molecule has 2 aromatic rings. The standard InChI is InChI=1S/C23H31N3O7S2/c1-18-5-4-6-20(17-18)26(34(3,28)29)19(2)23(27)24-11-14-33-21-7-9-22(10-8-21)35(30,31)25-12-15-32-16-13-25/h4-10,17,19H,11-16H2,1-3H3,(H,24,27)/t19-/m0/s1. The Bertz CT molecular complexity index is 1230. The molecule has 192 valence electrons. The van der Waals surface area contributed by atoms with E-state index in [9.17, 15) is 21.6 Å². The van der Waals surface area contributed by atoms with Crippen LogP contribution in [-0.4, -0.2) is 78.8 Å². The van der Waals surface area contributed by atoms with Crippen molar-refractivity contribution in [1.29, 1.82) is 0 Å². The monoisotopic (exact) mass is 525 g/mol. The van der Waals surface area contributed by atoms with Gasteiger partial charge in [-0.3, -0.25) is 9.10 Å². The van der Waals surface area contributed by atoms with Gasteiger partial charge in [0, 0.05) is 13.1 Å². The maximum atomic E-state index is 12.7. The van der Waals surface area contributed by atoms with E-state index >= 15 is 0 Å². The topological polar surface area (TPSA) is 122 Å². The predicted molar refractivity (Wildman–Crippen MR) is 132 cm³/mol. The zero-order chi connectivity index (χ0) is 25.6. The lowest BCUT2D eigenvalue weighted by Crippen LogP contribution is -2.48. The number of ether oxygens (including phenoxy) is 2. The first kappa shape index (κ1) is 26.9. The third-order valence-electron chi connectivity index (χ3n) is 5.45. The summed E-state index contributed by atoms with van der Waals surface area (Å²) in [7, 11) is -7.28. The Labute approximate surface area is 206 Å². The predicted octanol–water partition coefficient (Wildman–Crippen LogP) is 1.37. The average Bonchev–Trinajstić information content (AvgIpc) is 2.82. The van der Waals surface area contributed by atoms with Gasteiger partial charge in [0.05, 0.1) is 36.6 Å². The first-order chi connectivity index (χ1) is 16.5. The van der Waals surface area contributed by atoms with Gasteiger partial charge in [0.2, 0.25) is 26.0 Å². The first-order valence-corrected chi connectivity index (χ1v) is 14.4. The Morgan fingerprint density at radius 1 is 1.11 bits per heavy atom. The van der Waals surface area contributed by atoms with Crippen LogP contribution >= 0.6 is 0 Å². The van der Waals surface area contributed by atoms with Crippen LogP contribution in [0, 0.1) is 6.92 Å². The molecule has 12 heteroatoms. The van der Waals surface area contributed by atoms with Gasteiger partial charge in [-0.05, 0) is 55.8 Å². The van der Waals surface area contributed by atoms with Crippen molar-refractivity contribution in [2.45, 2.75) is 24.8 Å². The van der Waals surface area contributed by atoms with Gasteiger partial charge in [0.1, 0.15) is 18.4 Å². The van der Waals surface area contributed by atoms with E-state index in [4.69, 9.17) is 9.47 Å². The molecule has 0 spiro atoms. The third-order valence-corrected chi connectivity index (χ3v) is 8.60. The van der Waals surface area contributed by atoms with Crippen molar-refractivity contribution in [3.8, 4) is 5.75 Å². The molecule has 0 saturated carbocycles. The summed E-state index contributed by atoms with van der Waals surface area (Å²) < 4.78 is 63.4. The van der Waals surface area contributed by atoms with E-state index in [1.54, 1.807) is 30.3 Å². The molecule has 1 N–H and O–H groups in total. The third kappa shape index (κ3) is 6.94. The first-order valence-electron chi connectivity index (χ1n) is 11.1. The Hall–Kier alpha value is -2.67.